The van der Waals surface area contributed by atoms with Crippen LogP contribution in [0.3, 0.4) is 0 Å². The van der Waals surface area contributed by atoms with Crippen LogP contribution in [0, 0.1) is 0 Å². The lowest BCUT2D eigenvalue weighted by Gasteiger charge is -2.24. The molecule has 2 fully saturated rings. The molecule has 2 heterocycles. The van der Waals surface area contributed by atoms with Crippen molar-refractivity contribution in [3.8, 4) is 0 Å². The highest BCUT2D eigenvalue weighted by Gasteiger charge is 2.21. The van der Waals surface area contributed by atoms with E-state index in [1.165, 1.54) is 74.4 Å². The van der Waals surface area contributed by atoms with Crippen molar-refractivity contribution in [3.63, 3.8) is 0 Å². The van der Waals surface area contributed by atoms with Gasteiger partial charge in [0.05, 0.1) is 0 Å². The van der Waals surface area contributed by atoms with Crippen molar-refractivity contribution >= 4 is 10.9 Å². The van der Waals surface area contributed by atoms with Crippen LogP contribution in [0.4, 0.5) is 0 Å². The van der Waals surface area contributed by atoms with Gasteiger partial charge < -0.3 is 9.47 Å². The molecule has 2 nitrogen and oxygen atoms in total. The number of benzene rings is 1. The number of likely N-dealkylation sites (tertiary alicyclic amines) is 1. The summed E-state index contributed by atoms with van der Waals surface area (Å²) in [7, 11) is 2.28. The second-order valence-electron chi connectivity index (χ2n) is 7.39. The van der Waals surface area contributed by atoms with E-state index in [4.69, 9.17) is 0 Å². The van der Waals surface area contributed by atoms with Crippen molar-refractivity contribution in [1.82, 2.24) is 9.47 Å². The second kappa shape index (κ2) is 6.08. The van der Waals surface area contributed by atoms with Crippen molar-refractivity contribution in [2.75, 3.05) is 13.6 Å². The van der Waals surface area contributed by atoms with Gasteiger partial charge in [0.2, 0.25) is 0 Å². The molecule has 1 aromatic heterocycles. The molecule has 0 radical (unpaired) electrons. The van der Waals surface area contributed by atoms with Crippen molar-refractivity contribution in [3.05, 3.63) is 36.0 Å². The van der Waals surface area contributed by atoms with Gasteiger partial charge in [-0.25, -0.2) is 0 Å². The fourth-order valence-electron chi connectivity index (χ4n) is 4.51. The molecule has 0 amide bonds. The molecule has 0 spiro atoms. The Balaban J connectivity index is 1.61. The van der Waals surface area contributed by atoms with Gasteiger partial charge in [-0.15, -0.1) is 0 Å². The fraction of sp³-hybridized carbons (Fsp3) is 0.600. The van der Waals surface area contributed by atoms with Gasteiger partial charge >= 0.3 is 0 Å². The molecule has 0 bridgehead atoms. The first-order valence-corrected chi connectivity index (χ1v) is 9.11. The Morgan fingerprint density at radius 2 is 1.86 bits per heavy atom. The van der Waals surface area contributed by atoms with Crippen molar-refractivity contribution < 1.29 is 0 Å². The van der Waals surface area contributed by atoms with E-state index in [1.807, 2.05) is 0 Å². The first kappa shape index (κ1) is 14.3. The number of fused-ring (bicyclic) bond motifs is 1. The predicted molar refractivity (Wildman–Crippen MR) is 93.4 cm³/mol. The summed E-state index contributed by atoms with van der Waals surface area (Å²) in [5.74, 6) is 0. The highest BCUT2D eigenvalue weighted by atomic mass is 15.1. The minimum absolute atomic E-state index is 0.732. The van der Waals surface area contributed by atoms with Crippen molar-refractivity contribution in [2.24, 2.45) is 0 Å². The SMILES string of the molecule is CN1CCC[C@H]1Cc1ccc2ccn(C3CCCCC3)c2c1. The fourth-order valence-corrected chi connectivity index (χ4v) is 4.51. The smallest absolute Gasteiger partial charge is 0.0485 e. The van der Waals surface area contributed by atoms with Gasteiger partial charge in [0.15, 0.2) is 0 Å². The Labute approximate surface area is 134 Å². The lowest BCUT2D eigenvalue weighted by atomic mass is 9.95. The molecular formula is C20H28N2. The van der Waals surface area contributed by atoms with Crippen LogP contribution >= 0.6 is 0 Å². The quantitative estimate of drug-likeness (QED) is 0.791. The van der Waals surface area contributed by atoms with Gasteiger partial charge in [-0.2, -0.15) is 0 Å². The van der Waals surface area contributed by atoms with E-state index in [0.29, 0.717) is 0 Å². The first-order chi connectivity index (χ1) is 10.8. The summed E-state index contributed by atoms with van der Waals surface area (Å²) in [5.41, 5.74) is 2.98. The number of nitrogens with zero attached hydrogens (tertiary/aromatic N) is 2. The summed E-state index contributed by atoms with van der Waals surface area (Å²) < 4.78 is 2.57. The predicted octanol–water partition coefficient (Wildman–Crippen LogP) is 4.78. The molecule has 0 unspecified atom stereocenters. The summed E-state index contributed by atoms with van der Waals surface area (Å²) in [6.07, 6.45) is 13.2. The zero-order valence-electron chi connectivity index (χ0n) is 13.8. The molecule has 1 saturated carbocycles. The number of hydrogen-bond acceptors (Lipinski definition) is 1. The van der Waals surface area contributed by atoms with Gasteiger partial charge in [0.1, 0.15) is 0 Å². The molecule has 2 heteroatoms. The van der Waals surface area contributed by atoms with E-state index in [0.717, 1.165) is 12.1 Å². The summed E-state index contributed by atoms with van der Waals surface area (Å²) in [6, 6.07) is 10.9. The zero-order valence-corrected chi connectivity index (χ0v) is 13.8. The first-order valence-electron chi connectivity index (χ1n) is 9.11. The summed E-state index contributed by atoms with van der Waals surface area (Å²) >= 11 is 0. The van der Waals surface area contributed by atoms with Crippen molar-refractivity contribution in [1.29, 1.82) is 0 Å². The minimum Gasteiger partial charge on any atom is -0.344 e. The van der Waals surface area contributed by atoms with Gasteiger partial charge in [-0.05, 0) is 68.8 Å². The third-order valence-electron chi connectivity index (χ3n) is 5.90. The molecule has 0 N–H and O–H groups in total. The van der Waals surface area contributed by atoms with E-state index in [9.17, 15) is 0 Å². The Hall–Kier alpha value is -1.28. The molecular weight excluding hydrogens is 268 g/mol. The third kappa shape index (κ3) is 2.69. The van der Waals surface area contributed by atoms with Gasteiger partial charge in [-0.3, -0.25) is 0 Å². The van der Waals surface area contributed by atoms with Gasteiger partial charge in [-0.1, -0.05) is 31.4 Å². The number of likely N-dealkylation sites (N-methyl/N-ethyl adjacent to an activating group) is 1. The number of rotatable bonds is 3. The lowest BCUT2D eigenvalue weighted by Crippen LogP contribution is -2.26. The van der Waals surface area contributed by atoms with E-state index in [2.05, 4.69) is 47.0 Å². The van der Waals surface area contributed by atoms with E-state index in [-0.39, 0.29) is 0 Å². The van der Waals surface area contributed by atoms with Crippen LogP contribution < -0.4 is 0 Å². The normalized spacial score (nSPS) is 24.3. The molecule has 1 aliphatic carbocycles. The molecule has 118 valence electrons. The van der Waals surface area contributed by atoms with Crippen molar-refractivity contribution in [2.45, 2.75) is 63.5 Å². The van der Waals surface area contributed by atoms with Crippen LogP contribution in [-0.4, -0.2) is 29.1 Å². The van der Waals surface area contributed by atoms with Crippen LogP contribution in [0.25, 0.3) is 10.9 Å². The molecule has 1 atom stereocenters. The van der Waals surface area contributed by atoms with Crippen LogP contribution in [-0.2, 0) is 6.42 Å². The number of aromatic nitrogens is 1. The maximum atomic E-state index is 2.57. The second-order valence-corrected chi connectivity index (χ2v) is 7.39. The monoisotopic (exact) mass is 296 g/mol. The molecule has 2 aliphatic rings. The zero-order chi connectivity index (χ0) is 14.9. The van der Waals surface area contributed by atoms with E-state index in [1.54, 1.807) is 0 Å². The molecule has 22 heavy (non-hydrogen) atoms. The summed E-state index contributed by atoms with van der Waals surface area (Å²) in [5, 5.41) is 1.41. The van der Waals surface area contributed by atoms with Crippen LogP contribution in [0.5, 0.6) is 0 Å². The van der Waals surface area contributed by atoms with Crippen LogP contribution in [0.1, 0.15) is 56.6 Å². The maximum absolute atomic E-state index is 2.57. The Bertz CT molecular complexity index is 636. The Morgan fingerprint density at radius 1 is 1.00 bits per heavy atom. The highest BCUT2D eigenvalue weighted by molar-refractivity contribution is 5.81. The molecule has 1 aliphatic heterocycles. The molecule has 1 saturated heterocycles. The summed E-state index contributed by atoms with van der Waals surface area (Å²) in [6.45, 7) is 1.27. The Morgan fingerprint density at radius 3 is 2.64 bits per heavy atom. The largest absolute Gasteiger partial charge is 0.344 e. The standard InChI is InChI=1S/C20H28N2/c1-21-12-5-8-19(21)14-16-9-10-17-11-13-22(20(17)15-16)18-6-3-2-4-7-18/h9-11,13,15,18-19H,2-8,12,14H2,1H3/t19-/m0/s1. The average molecular weight is 296 g/mol. The molecule has 4 rings (SSSR count). The van der Waals surface area contributed by atoms with Gasteiger partial charge in [0.25, 0.3) is 0 Å². The van der Waals surface area contributed by atoms with Crippen LogP contribution in [0.2, 0.25) is 0 Å². The Kier molecular flexibility index (Phi) is 3.96. The topological polar surface area (TPSA) is 8.17 Å². The molecule has 1 aromatic carbocycles. The maximum Gasteiger partial charge on any atom is 0.0485 e. The van der Waals surface area contributed by atoms with E-state index >= 15 is 0 Å². The molecule has 2 aromatic rings. The third-order valence-corrected chi connectivity index (χ3v) is 5.90. The van der Waals surface area contributed by atoms with E-state index < -0.39 is 0 Å². The minimum atomic E-state index is 0.732. The summed E-state index contributed by atoms with van der Waals surface area (Å²) in [4.78, 5) is 2.53. The highest BCUT2D eigenvalue weighted by Crippen LogP contribution is 2.32. The van der Waals surface area contributed by atoms with Crippen LogP contribution in [0.15, 0.2) is 30.5 Å². The number of hydrogen-bond donors (Lipinski definition) is 0. The average Bonchev–Trinajstić information content (AvgIpc) is 3.15. The van der Waals surface area contributed by atoms with Gasteiger partial charge in [0, 0.05) is 23.8 Å². The lowest BCUT2D eigenvalue weighted by molar-refractivity contribution is 0.309.